The van der Waals surface area contributed by atoms with Gasteiger partial charge in [0.2, 0.25) is 5.91 Å². The molecule has 2 unspecified atom stereocenters. The number of carbonyl (C=O) groups excluding carboxylic acids is 2. The Morgan fingerprint density at radius 1 is 1.16 bits per heavy atom. The SMILES string of the molecule is [2H]C([2H])([2H])N(C(=O)c1c(F)cccc1Cl)c1ccc(-c2cc(NC(C)=O)nn2C2CCCC2)cc1N1CC2CC2C1. The van der Waals surface area contributed by atoms with Crippen molar-refractivity contribution in [3.63, 3.8) is 0 Å². The first kappa shape index (κ1) is 21.5. The minimum atomic E-state index is -2.91. The molecule has 7 nitrogen and oxygen atoms in total. The van der Waals surface area contributed by atoms with Crippen LogP contribution in [0.25, 0.3) is 11.3 Å². The van der Waals surface area contributed by atoms with E-state index in [0.29, 0.717) is 28.2 Å². The lowest BCUT2D eigenvalue weighted by Gasteiger charge is -2.29. The predicted octanol–water partition coefficient (Wildman–Crippen LogP) is 6.15. The zero-order valence-electron chi connectivity index (χ0n) is 24.1. The second-order valence-corrected chi connectivity index (χ2v) is 11.0. The maximum atomic E-state index is 14.8. The van der Waals surface area contributed by atoms with Crippen LogP contribution in [0, 0.1) is 17.7 Å². The fourth-order valence-electron chi connectivity index (χ4n) is 5.92. The molecule has 198 valence electrons. The largest absolute Gasteiger partial charge is 0.369 e. The van der Waals surface area contributed by atoms with Crippen molar-refractivity contribution in [3.05, 3.63) is 58.9 Å². The molecule has 3 fully saturated rings. The molecular weight excluding hydrogens is 505 g/mol. The Balaban J connectivity index is 1.49. The summed E-state index contributed by atoms with van der Waals surface area (Å²) in [7, 11) is 0. The molecule has 1 saturated heterocycles. The average molecular weight is 539 g/mol. The van der Waals surface area contributed by atoms with Crippen LogP contribution in [0.15, 0.2) is 42.5 Å². The number of piperidine rings is 1. The number of amides is 2. The van der Waals surface area contributed by atoms with Crippen molar-refractivity contribution in [2.45, 2.75) is 45.1 Å². The first-order valence-electron chi connectivity index (χ1n) is 14.6. The highest BCUT2D eigenvalue weighted by Crippen LogP contribution is 2.49. The van der Waals surface area contributed by atoms with Crippen LogP contribution in [0.3, 0.4) is 0 Å². The van der Waals surface area contributed by atoms with E-state index < -0.39 is 24.3 Å². The van der Waals surface area contributed by atoms with Crippen molar-refractivity contribution in [1.29, 1.82) is 0 Å². The summed E-state index contributed by atoms with van der Waals surface area (Å²) in [5, 5.41) is 7.32. The van der Waals surface area contributed by atoms with Crippen molar-refractivity contribution in [2.24, 2.45) is 11.8 Å². The first-order valence-corrected chi connectivity index (χ1v) is 13.4. The summed E-state index contributed by atoms with van der Waals surface area (Å²) < 4.78 is 41.7. The molecule has 9 heteroatoms. The molecule has 2 amide bonds. The number of anilines is 3. The highest BCUT2D eigenvalue weighted by Gasteiger charge is 2.45. The smallest absolute Gasteiger partial charge is 0.262 e. The third-order valence-corrected chi connectivity index (χ3v) is 8.24. The Morgan fingerprint density at radius 3 is 2.61 bits per heavy atom. The fraction of sp³-hybridized carbons (Fsp3) is 0.414. The molecule has 38 heavy (non-hydrogen) atoms. The van der Waals surface area contributed by atoms with Gasteiger partial charge in [0.25, 0.3) is 5.91 Å². The van der Waals surface area contributed by atoms with Gasteiger partial charge < -0.3 is 15.1 Å². The van der Waals surface area contributed by atoms with E-state index in [1.807, 2.05) is 16.8 Å². The third-order valence-electron chi connectivity index (χ3n) is 7.92. The number of fused-ring (bicyclic) bond motifs is 1. The molecule has 3 aliphatic rings. The molecule has 2 heterocycles. The molecule has 2 atom stereocenters. The van der Waals surface area contributed by atoms with Crippen LogP contribution < -0.4 is 15.1 Å². The van der Waals surface area contributed by atoms with E-state index in [-0.39, 0.29) is 22.7 Å². The van der Waals surface area contributed by atoms with E-state index in [4.69, 9.17) is 20.8 Å². The number of hydrogen-bond acceptors (Lipinski definition) is 4. The van der Waals surface area contributed by atoms with Crippen molar-refractivity contribution in [1.82, 2.24) is 9.78 Å². The van der Waals surface area contributed by atoms with E-state index in [1.165, 1.54) is 19.1 Å². The second-order valence-electron chi connectivity index (χ2n) is 10.6. The van der Waals surface area contributed by atoms with E-state index in [0.717, 1.165) is 62.5 Å². The molecular formula is C29H31ClFN5O2. The molecule has 0 spiro atoms. The van der Waals surface area contributed by atoms with Gasteiger partial charge >= 0.3 is 0 Å². The maximum absolute atomic E-state index is 14.8. The fourth-order valence-corrected chi connectivity index (χ4v) is 6.17. The van der Waals surface area contributed by atoms with Crippen LogP contribution in [-0.4, -0.2) is 41.7 Å². The summed E-state index contributed by atoms with van der Waals surface area (Å²) in [6.45, 7) is 0.00115. The number of aromatic nitrogens is 2. The first-order chi connectivity index (χ1) is 19.5. The van der Waals surface area contributed by atoms with Crippen molar-refractivity contribution >= 4 is 40.6 Å². The molecule has 1 aliphatic heterocycles. The van der Waals surface area contributed by atoms with Gasteiger partial charge in [0, 0.05) is 42.7 Å². The van der Waals surface area contributed by atoms with Crippen molar-refractivity contribution in [2.75, 3.05) is 35.2 Å². The van der Waals surface area contributed by atoms with Crippen LogP contribution in [0.2, 0.25) is 5.02 Å². The number of nitrogens with one attached hydrogen (secondary N) is 1. The summed E-state index contributed by atoms with van der Waals surface area (Å²) in [5.41, 5.74) is 1.83. The summed E-state index contributed by atoms with van der Waals surface area (Å²) in [4.78, 5) is 28.3. The average Bonchev–Trinajstić information content (AvgIpc) is 3.29. The minimum Gasteiger partial charge on any atom is -0.369 e. The van der Waals surface area contributed by atoms with Gasteiger partial charge in [-0.1, -0.05) is 36.6 Å². The van der Waals surface area contributed by atoms with Gasteiger partial charge in [0.1, 0.15) is 5.82 Å². The Hall–Kier alpha value is -3.39. The van der Waals surface area contributed by atoms with Gasteiger partial charge in [0.15, 0.2) is 5.82 Å². The lowest BCUT2D eigenvalue weighted by molar-refractivity contribution is -0.114. The predicted molar refractivity (Wildman–Crippen MR) is 147 cm³/mol. The minimum absolute atomic E-state index is 0.157. The molecule has 2 aromatic carbocycles. The molecule has 2 saturated carbocycles. The molecule has 3 aromatic rings. The topological polar surface area (TPSA) is 70.5 Å². The van der Waals surface area contributed by atoms with Crippen LogP contribution in [0.5, 0.6) is 0 Å². The Kier molecular flexibility index (Phi) is 5.51. The zero-order valence-corrected chi connectivity index (χ0v) is 21.8. The van der Waals surface area contributed by atoms with Crippen LogP contribution in [0.1, 0.15) is 59.5 Å². The molecule has 6 rings (SSSR count). The summed E-state index contributed by atoms with van der Waals surface area (Å²) >= 11 is 6.20. The Bertz CT molecular complexity index is 1490. The van der Waals surface area contributed by atoms with Crippen molar-refractivity contribution in [3.8, 4) is 11.3 Å². The van der Waals surface area contributed by atoms with Crippen LogP contribution in [-0.2, 0) is 4.79 Å². The lowest BCUT2D eigenvalue weighted by atomic mass is 10.1. The zero-order chi connectivity index (χ0) is 29.1. The third kappa shape index (κ3) is 4.55. The van der Waals surface area contributed by atoms with Crippen LogP contribution >= 0.6 is 11.6 Å². The highest BCUT2D eigenvalue weighted by molar-refractivity contribution is 6.34. The standard InChI is InChI=1S/C29H31ClFN5O2/c1-17(37)32-27-14-25(36(33-27)21-6-3-4-7-21)18-10-11-24(26(13-18)35-15-19-12-20(19)16-35)34(2)29(38)28-22(30)8-5-9-23(28)31/h5,8-11,13-14,19-21H,3-4,6-7,12,15-16H2,1-2H3,(H,32,33,37)/i2D3. The Morgan fingerprint density at radius 2 is 1.92 bits per heavy atom. The quantitative estimate of drug-likeness (QED) is 0.409. The molecule has 0 radical (unpaired) electrons. The monoisotopic (exact) mass is 538 g/mol. The van der Waals surface area contributed by atoms with Gasteiger partial charge in [-0.2, -0.15) is 5.10 Å². The summed E-state index contributed by atoms with van der Waals surface area (Å²) in [6, 6.07) is 11.1. The Labute approximate surface area is 230 Å². The number of rotatable bonds is 6. The normalized spacial score (nSPS) is 22.0. The van der Waals surface area contributed by atoms with E-state index in [2.05, 4.69) is 10.2 Å². The van der Waals surface area contributed by atoms with Gasteiger partial charge in [0.05, 0.1) is 33.7 Å². The van der Waals surface area contributed by atoms with Crippen molar-refractivity contribution < 1.29 is 18.1 Å². The van der Waals surface area contributed by atoms with E-state index >= 15 is 0 Å². The van der Waals surface area contributed by atoms with E-state index in [9.17, 15) is 14.0 Å². The summed E-state index contributed by atoms with van der Waals surface area (Å²) in [5.74, 6) is -0.641. The molecule has 2 aliphatic carbocycles. The number of halogens is 2. The number of benzene rings is 2. The van der Waals surface area contributed by atoms with E-state index in [1.54, 1.807) is 12.1 Å². The van der Waals surface area contributed by atoms with Gasteiger partial charge in [-0.25, -0.2) is 4.39 Å². The van der Waals surface area contributed by atoms with Gasteiger partial charge in [-0.15, -0.1) is 0 Å². The highest BCUT2D eigenvalue weighted by atomic mass is 35.5. The number of nitrogens with zero attached hydrogens (tertiary/aromatic N) is 4. The maximum Gasteiger partial charge on any atom is 0.262 e. The number of carbonyl (C=O) groups is 2. The van der Waals surface area contributed by atoms with Gasteiger partial charge in [-0.3, -0.25) is 14.3 Å². The molecule has 0 bridgehead atoms. The molecule has 1 aromatic heterocycles. The lowest BCUT2D eigenvalue weighted by Crippen LogP contribution is -2.31. The number of hydrogen-bond donors (Lipinski definition) is 1. The van der Waals surface area contributed by atoms with Gasteiger partial charge in [-0.05, 0) is 55.4 Å². The second kappa shape index (κ2) is 9.73. The molecule has 1 N–H and O–H groups in total. The summed E-state index contributed by atoms with van der Waals surface area (Å²) in [6.07, 6.45) is 5.26. The van der Waals surface area contributed by atoms with Crippen LogP contribution in [0.4, 0.5) is 21.6 Å².